The Morgan fingerprint density at radius 1 is 1.40 bits per heavy atom. The number of carbonyl (C=O) groups is 2. The molecular formula is C12H21N5O3. The average Bonchev–Trinajstić information content (AvgIpc) is 2.71. The highest BCUT2D eigenvalue weighted by molar-refractivity contribution is 5.80. The second-order valence-electron chi connectivity index (χ2n) is 5.14. The van der Waals surface area contributed by atoms with E-state index in [0.717, 1.165) is 0 Å². The minimum Gasteiger partial charge on any atom is -0.480 e. The van der Waals surface area contributed by atoms with Crippen LogP contribution in [0.15, 0.2) is 0 Å². The van der Waals surface area contributed by atoms with Crippen molar-refractivity contribution in [2.75, 3.05) is 20.1 Å². The first-order valence-corrected chi connectivity index (χ1v) is 6.39. The summed E-state index contributed by atoms with van der Waals surface area (Å²) in [5, 5.41) is 15.5. The molecule has 20 heavy (non-hydrogen) atoms. The summed E-state index contributed by atoms with van der Waals surface area (Å²) in [4.78, 5) is 29.9. The third kappa shape index (κ3) is 4.87. The quantitative estimate of drug-likeness (QED) is 0.800. The summed E-state index contributed by atoms with van der Waals surface area (Å²) in [5.41, 5.74) is 0. The number of aromatic nitrogens is 3. The van der Waals surface area contributed by atoms with Gasteiger partial charge in [0.05, 0.1) is 6.54 Å². The summed E-state index contributed by atoms with van der Waals surface area (Å²) in [7, 11) is 1.60. The Labute approximate surface area is 117 Å². The van der Waals surface area contributed by atoms with Gasteiger partial charge in [0.1, 0.15) is 12.4 Å². The highest BCUT2D eigenvalue weighted by Crippen LogP contribution is 2.05. The number of nitrogens with one attached hydrogen (secondary N) is 1. The van der Waals surface area contributed by atoms with Crippen molar-refractivity contribution in [2.45, 2.75) is 27.3 Å². The molecule has 8 heteroatoms. The highest BCUT2D eigenvalue weighted by atomic mass is 16.4. The second kappa shape index (κ2) is 6.88. The van der Waals surface area contributed by atoms with Gasteiger partial charge in [-0.25, -0.2) is 9.78 Å². The number of hydrogen-bond acceptors (Lipinski definition) is 4. The lowest BCUT2D eigenvalue weighted by Gasteiger charge is -2.27. The minimum absolute atomic E-state index is 0.192. The minimum atomic E-state index is -1.03. The van der Waals surface area contributed by atoms with Crippen LogP contribution in [0.1, 0.15) is 25.5 Å². The molecule has 1 heterocycles. The van der Waals surface area contributed by atoms with Gasteiger partial charge in [-0.15, -0.1) is 0 Å². The van der Waals surface area contributed by atoms with E-state index in [9.17, 15) is 9.59 Å². The normalized spacial score (nSPS) is 10.7. The number of rotatable bonds is 6. The number of H-pyrrole nitrogens is 1. The molecule has 1 rings (SSSR count). The molecule has 2 amide bonds. The highest BCUT2D eigenvalue weighted by Gasteiger charge is 2.22. The van der Waals surface area contributed by atoms with Crippen molar-refractivity contribution >= 4 is 12.0 Å². The second-order valence-corrected chi connectivity index (χ2v) is 5.14. The summed E-state index contributed by atoms with van der Waals surface area (Å²) in [6, 6.07) is -0.344. The van der Waals surface area contributed by atoms with E-state index < -0.39 is 5.97 Å². The Kier molecular flexibility index (Phi) is 5.48. The van der Waals surface area contributed by atoms with Crippen LogP contribution in [0.5, 0.6) is 0 Å². The van der Waals surface area contributed by atoms with Crippen molar-refractivity contribution in [1.29, 1.82) is 0 Å². The monoisotopic (exact) mass is 283 g/mol. The van der Waals surface area contributed by atoms with Gasteiger partial charge in [-0.1, -0.05) is 13.8 Å². The summed E-state index contributed by atoms with van der Waals surface area (Å²) in [5.74, 6) is 0.335. The molecule has 0 aromatic carbocycles. The molecule has 1 aromatic rings. The molecule has 0 bridgehead atoms. The number of amides is 2. The van der Waals surface area contributed by atoms with Gasteiger partial charge in [-0.2, -0.15) is 5.10 Å². The molecule has 0 saturated carbocycles. The number of hydrogen-bond donors (Lipinski definition) is 2. The maximum atomic E-state index is 12.2. The van der Waals surface area contributed by atoms with Gasteiger partial charge >= 0.3 is 12.0 Å². The third-order valence-corrected chi connectivity index (χ3v) is 2.53. The molecular weight excluding hydrogens is 262 g/mol. The number of aromatic amines is 1. The standard InChI is InChI=1S/C12H21N5O3/c1-8(2)5-17(7-11(18)19)12(20)16(4)6-10-13-9(3)14-15-10/h8H,5-7H2,1-4H3,(H,18,19)(H,13,14,15). The zero-order chi connectivity index (χ0) is 15.3. The fraction of sp³-hybridized carbons (Fsp3) is 0.667. The Bertz CT molecular complexity index is 471. The van der Waals surface area contributed by atoms with E-state index in [1.807, 2.05) is 13.8 Å². The lowest BCUT2D eigenvalue weighted by atomic mass is 10.2. The number of aryl methyl sites for hydroxylation is 1. The van der Waals surface area contributed by atoms with Gasteiger partial charge in [-0.3, -0.25) is 9.89 Å². The maximum Gasteiger partial charge on any atom is 0.323 e. The lowest BCUT2D eigenvalue weighted by molar-refractivity contribution is -0.137. The predicted molar refractivity (Wildman–Crippen MR) is 72.0 cm³/mol. The molecule has 0 aliphatic heterocycles. The Morgan fingerprint density at radius 2 is 2.05 bits per heavy atom. The van der Waals surface area contributed by atoms with Crippen LogP contribution in [-0.2, 0) is 11.3 Å². The number of carboxylic acid groups (broad SMARTS) is 1. The average molecular weight is 283 g/mol. The van der Waals surface area contributed by atoms with Crippen LogP contribution in [0.3, 0.4) is 0 Å². The van der Waals surface area contributed by atoms with E-state index >= 15 is 0 Å². The smallest absolute Gasteiger partial charge is 0.323 e. The first-order chi connectivity index (χ1) is 9.29. The number of urea groups is 1. The molecule has 0 fully saturated rings. The first-order valence-electron chi connectivity index (χ1n) is 6.39. The van der Waals surface area contributed by atoms with Crippen molar-refractivity contribution in [3.63, 3.8) is 0 Å². The molecule has 0 unspecified atom stereocenters. The van der Waals surface area contributed by atoms with Crippen LogP contribution < -0.4 is 0 Å². The molecule has 0 aliphatic carbocycles. The first kappa shape index (κ1) is 15.9. The van der Waals surface area contributed by atoms with E-state index in [1.54, 1.807) is 14.0 Å². The largest absolute Gasteiger partial charge is 0.480 e. The third-order valence-electron chi connectivity index (χ3n) is 2.53. The van der Waals surface area contributed by atoms with Crippen molar-refractivity contribution in [3.8, 4) is 0 Å². The van der Waals surface area contributed by atoms with E-state index in [0.29, 0.717) is 18.2 Å². The zero-order valence-corrected chi connectivity index (χ0v) is 12.3. The van der Waals surface area contributed by atoms with Crippen LogP contribution in [-0.4, -0.2) is 62.2 Å². The van der Waals surface area contributed by atoms with Crippen LogP contribution in [0, 0.1) is 12.8 Å². The number of carboxylic acids is 1. The van der Waals surface area contributed by atoms with Crippen LogP contribution in [0.25, 0.3) is 0 Å². The topological polar surface area (TPSA) is 102 Å². The summed E-state index contributed by atoms with van der Waals surface area (Å²) in [6.45, 7) is 5.95. The molecule has 0 spiro atoms. The van der Waals surface area contributed by atoms with Crippen molar-refractivity contribution < 1.29 is 14.7 Å². The van der Waals surface area contributed by atoms with Gasteiger partial charge in [0, 0.05) is 13.6 Å². The molecule has 2 N–H and O–H groups in total. The summed E-state index contributed by atoms with van der Waals surface area (Å²) < 4.78 is 0. The van der Waals surface area contributed by atoms with Crippen molar-refractivity contribution in [2.24, 2.45) is 5.92 Å². The van der Waals surface area contributed by atoms with E-state index in [4.69, 9.17) is 5.11 Å². The molecule has 0 atom stereocenters. The molecule has 1 aromatic heterocycles. The number of nitrogens with zero attached hydrogens (tertiary/aromatic N) is 4. The van der Waals surface area contributed by atoms with Gasteiger partial charge in [0.25, 0.3) is 0 Å². The van der Waals surface area contributed by atoms with Crippen LogP contribution >= 0.6 is 0 Å². The van der Waals surface area contributed by atoms with Gasteiger partial charge < -0.3 is 14.9 Å². The van der Waals surface area contributed by atoms with E-state index in [1.165, 1.54) is 9.80 Å². The number of carbonyl (C=O) groups excluding carboxylic acids is 1. The van der Waals surface area contributed by atoms with Crippen molar-refractivity contribution in [1.82, 2.24) is 25.0 Å². The van der Waals surface area contributed by atoms with Gasteiger partial charge in [0.2, 0.25) is 0 Å². The Hall–Kier alpha value is -2.12. The van der Waals surface area contributed by atoms with Crippen molar-refractivity contribution in [3.05, 3.63) is 11.6 Å². The summed E-state index contributed by atoms with van der Waals surface area (Å²) in [6.07, 6.45) is 0. The molecule has 0 saturated heterocycles. The zero-order valence-electron chi connectivity index (χ0n) is 12.3. The fourth-order valence-corrected chi connectivity index (χ4v) is 1.80. The Morgan fingerprint density at radius 3 is 2.50 bits per heavy atom. The lowest BCUT2D eigenvalue weighted by Crippen LogP contribution is -2.45. The van der Waals surface area contributed by atoms with Crippen LogP contribution in [0.4, 0.5) is 4.79 Å². The van der Waals surface area contributed by atoms with E-state index in [-0.39, 0.29) is 25.0 Å². The number of aliphatic carboxylic acids is 1. The van der Waals surface area contributed by atoms with Gasteiger partial charge in [-0.05, 0) is 12.8 Å². The SMILES string of the molecule is Cc1nc(CN(C)C(=O)N(CC(=O)O)CC(C)C)n[nH]1. The van der Waals surface area contributed by atoms with E-state index in [2.05, 4.69) is 15.2 Å². The Balaban J connectivity index is 2.69. The van der Waals surface area contributed by atoms with Crippen LogP contribution in [0.2, 0.25) is 0 Å². The molecule has 112 valence electrons. The fourth-order valence-electron chi connectivity index (χ4n) is 1.80. The molecule has 8 nitrogen and oxygen atoms in total. The molecule has 0 aliphatic rings. The maximum absolute atomic E-state index is 12.2. The predicted octanol–water partition coefficient (Wildman–Crippen LogP) is 0.708. The van der Waals surface area contributed by atoms with Gasteiger partial charge in [0.15, 0.2) is 5.82 Å². The summed E-state index contributed by atoms with van der Waals surface area (Å²) >= 11 is 0. The molecule has 0 radical (unpaired) electrons.